The number of rotatable bonds is 7. The number of halogens is 2. The summed E-state index contributed by atoms with van der Waals surface area (Å²) >= 11 is 0. The number of hydrogen-bond acceptors (Lipinski definition) is 4. The number of nitrogens with one attached hydrogen (secondary N) is 2. The zero-order valence-corrected chi connectivity index (χ0v) is 22.7. The number of para-hydroxylation sites is 1. The smallest absolute Gasteiger partial charge is 0.256 e. The van der Waals surface area contributed by atoms with Crippen LogP contribution in [0.25, 0.3) is 11.0 Å². The Balaban J connectivity index is 1.05. The number of likely N-dealkylation sites (tertiary alicyclic amines) is 2. The lowest BCUT2D eigenvalue weighted by atomic mass is 9.92. The number of carbonyl (C=O) groups is 2. The van der Waals surface area contributed by atoms with Crippen molar-refractivity contribution in [3.05, 3.63) is 65.0 Å². The van der Waals surface area contributed by atoms with Gasteiger partial charge in [0.15, 0.2) is 0 Å². The molecule has 1 aromatic heterocycles. The van der Waals surface area contributed by atoms with Gasteiger partial charge in [0.05, 0.1) is 16.6 Å². The maximum absolute atomic E-state index is 14.0. The Morgan fingerprint density at radius 2 is 1.72 bits per heavy atom. The van der Waals surface area contributed by atoms with Crippen LogP contribution < -0.4 is 5.32 Å². The number of piperidine rings is 2. The second-order valence-electron chi connectivity index (χ2n) is 11.3. The van der Waals surface area contributed by atoms with Gasteiger partial charge < -0.3 is 20.1 Å². The summed E-state index contributed by atoms with van der Waals surface area (Å²) in [6, 6.07) is 8.79. The van der Waals surface area contributed by atoms with E-state index in [0.29, 0.717) is 37.0 Å². The number of aromatic amines is 1. The molecule has 2 amide bonds. The summed E-state index contributed by atoms with van der Waals surface area (Å²) in [4.78, 5) is 37.8. The number of carbonyl (C=O) groups excluding carboxylic acids is 2. The van der Waals surface area contributed by atoms with Crippen molar-refractivity contribution >= 4 is 22.8 Å². The minimum atomic E-state index is -0.806. The zero-order chi connectivity index (χ0) is 27.5. The van der Waals surface area contributed by atoms with Gasteiger partial charge >= 0.3 is 0 Å². The lowest BCUT2D eigenvalue weighted by molar-refractivity contribution is 0.0647. The Morgan fingerprint density at radius 1 is 1.00 bits per heavy atom. The molecule has 0 spiro atoms. The van der Waals surface area contributed by atoms with Crippen LogP contribution in [0.1, 0.15) is 72.0 Å². The summed E-state index contributed by atoms with van der Waals surface area (Å²) < 4.78 is 27.2. The van der Waals surface area contributed by atoms with Crippen LogP contribution in [-0.2, 0) is 0 Å². The number of benzene rings is 2. The van der Waals surface area contributed by atoms with Gasteiger partial charge in [0.25, 0.3) is 11.8 Å². The summed E-state index contributed by atoms with van der Waals surface area (Å²) in [5.74, 6) is 0.161. The minimum absolute atomic E-state index is 0.0645. The molecule has 2 fully saturated rings. The van der Waals surface area contributed by atoms with Crippen LogP contribution in [-0.4, -0.2) is 70.9 Å². The van der Waals surface area contributed by atoms with E-state index >= 15 is 0 Å². The number of amides is 2. The highest BCUT2D eigenvalue weighted by molar-refractivity contribution is 6.04. The predicted octanol–water partition coefficient (Wildman–Crippen LogP) is 4.96. The van der Waals surface area contributed by atoms with Crippen LogP contribution >= 0.6 is 0 Å². The number of nitrogens with zero attached hydrogens (tertiary/aromatic N) is 3. The van der Waals surface area contributed by atoms with E-state index in [1.54, 1.807) is 4.90 Å². The maximum Gasteiger partial charge on any atom is 0.256 e. The van der Waals surface area contributed by atoms with Crippen molar-refractivity contribution < 1.29 is 18.4 Å². The molecule has 9 heteroatoms. The largest absolute Gasteiger partial charge is 0.352 e. The summed E-state index contributed by atoms with van der Waals surface area (Å²) in [5, 5.41) is 3.14. The van der Waals surface area contributed by atoms with Crippen molar-refractivity contribution in [1.82, 2.24) is 25.1 Å². The highest BCUT2D eigenvalue weighted by Gasteiger charge is 2.28. The molecule has 39 heavy (non-hydrogen) atoms. The molecule has 0 radical (unpaired) electrons. The van der Waals surface area contributed by atoms with Crippen LogP contribution in [0.4, 0.5) is 8.78 Å². The fourth-order valence-electron chi connectivity index (χ4n) is 5.73. The molecule has 7 nitrogen and oxygen atoms in total. The molecule has 2 saturated heterocycles. The molecule has 0 saturated carbocycles. The molecule has 0 bridgehead atoms. The highest BCUT2D eigenvalue weighted by Crippen LogP contribution is 2.25. The summed E-state index contributed by atoms with van der Waals surface area (Å²) in [5.41, 5.74) is 2.16. The second-order valence-corrected chi connectivity index (χ2v) is 11.3. The molecule has 3 aromatic rings. The van der Waals surface area contributed by atoms with Gasteiger partial charge in [-0.3, -0.25) is 9.59 Å². The highest BCUT2D eigenvalue weighted by atomic mass is 19.1. The molecular formula is C30H37F2N5O2. The Bertz CT molecular complexity index is 1320. The Kier molecular flexibility index (Phi) is 8.26. The number of H-pyrrole nitrogens is 1. The monoisotopic (exact) mass is 537 g/mol. The topological polar surface area (TPSA) is 81.3 Å². The van der Waals surface area contributed by atoms with Gasteiger partial charge in [-0.05, 0) is 74.9 Å². The van der Waals surface area contributed by atoms with Gasteiger partial charge in [0, 0.05) is 38.2 Å². The van der Waals surface area contributed by atoms with Gasteiger partial charge in [-0.25, -0.2) is 13.8 Å². The molecule has 2 N–H and O–H groups in total. The molecule has 2 aliphatic heterocycles. The second kappa shape index (κ2) is 11.8. The number of aromatic nitrogens is 2. The first-order valence-corrected chi connectivity index (χ1v) is 14.0. The molecule has 0 atom stereocenters. The van der Waals surface area contributed by atoms with E-state index in [0.717, 1.165) is 74.3 Å². The minimum Gasteiger partial charge on any atom is -0.352 e. The van der Waals surface area contributed by atoms with E-state index in [4.69, 9.17) is 0 Å². The molecule has 0 aliphatic carbocycles. The average Bonchev–Trinajstić information content (AvgIpc) is 3.38. The summed E-state index contributed by atoms with van der Waals surface area (Å²) in [6.45, 7) is 8.96. The number of imidazole rings is 1. The Morgan fingerprint density at radius 3 is 2.41 bits per heavy atom. The predicted molar refractivity (Wildman–Crippen MR) is 147 cm³/mol. The molecule has 208 valence electrons. The standard InChI is InChI=1S/C30H37F2N5O2/c1-19(2)28-34-26-5-3-4-24(27(26)35-28)29(38)33-17-20-8-12-36(13-9-20)18-21-10-14-37(15-11-21)30(39)23-7-6-22(31)16-25(23)32/h3-7,16,19-21H,8-15,17-18H2,1-2H3,(H,33,38)(H,34,35). The van der Waals surface area contributed by atoms with Gasteiger partial charge in [-0.2, -0.15) is 0 Å². The van der Waals surface area contributed by atoms with Crippen molar-refractivity contribution in [1.29, 1.82) is 0 Å². The van der Waals surface area contributed by atoms with Gasteiger partial charge in [-0.1, -0.05) is 19.9 Å². The summed E-state index contributed by atoms with van der Waals surface area (Å²) in [6.07, 6.45) is 3.82. The van der Waals surface area contributed by atoms with Crippen LogP contribution in [0.2, 0.25) is 0 Å². The molecular weight excluding hydrogens is 500 g/mol. The van der Waals surface area contributed by atoms with E-state index in [1.807, 2.05) is 18.2 Å². The number of fused-ring (bicyclic) bond motifs is 1. The quantitative estimate of drug-likeness (QED) is 0.447. The third-order valence-electron chi connectivity index (χ3n) is 8.16. The van der Waals surface area contributed by atoms with Crippen molar-refractivity contribution in [2.24, 2.45) is 11.8 Å². The van der Waals surface area contributed by atoms with E-state index < -0.39 is 11.6 Å². The van der Waals surface area contributed by atoms with Crippen molar-refractivity contribution in [3.63, 3.8) is 0 Å². The lowest BCUT2D eigenvalue weighted by Crippen LogP contribution is -2.44. The summed E-state index contributed by atoms with van der Waals surface area (Å²) in [7, 11) is 0. The van der Waals surface area contributed by atoms with Crippen molar-refractivity contribution in [2.45, 2.75) is 45.4 Å². The van der Waals surface area contributed by atoms with E-state index in [9.17, 15) is 18.4 Å². The zero-order valence-electron chi connectivity index (χ0n) is 22.7. The Labute approximate surface area is 228 Å². The van der Waals surface area contributed by atoms with Crippen LogP contribution in [0.5, 0.6) is 0 Å². The van der Waals surface area contributed by atoms with Crippen LogP contribution in [0.15, 0.2) is 36.4 Å². The van der Waals surface area contributed by atoms with Crippen LogP contribution in [0.3, 0.4) is 0 Å². The third-order valence-corrected chi connectivity index (χ3v) is 8.16. The Hall–Kier alpha value is -3.33. The van der Waals surface area contributed by atoms with Crippen LogP contribution in [0, 0.1) is 23.5 Å². The molecule has 2 aliphatic rings. The molecule has 5 rings (SSSR count). The van der Waals surface area contributed by atoms with Gasteiger partial charge in [0.1, 0.15) is 23.0 Å². The van der Waals surface area contributed by atoms with Crippen molar-refractivity contribution in [3.8, 4) is 0 Å². The fourth-order valence-corrected chi connectivity index (χ4v) is 5.73. The SMILES string of the molecule is CC(C)c1nc2c(C(=O)NCC3CCN(CC4CCN(C(=O)c5ccc(F)cc5F)CC4)CC3)cccc2[nH]1. The first kappa shape index (κ1) is 27.2. The first-order valence-electron chi connectivity index (χ1n) is 14.0. The molecule has 2 aromatic carbocycles. The van der Waals surface area contributed by atoms with Gasteiger partial charge in [-0.15, -0.1) is 0 Å². The third kappa shape index (κ3) is 6.30. The molecule has 0 unspecified atom stereocenters. The first-order chi connectivity index (χ1) is 18.8. The van der Waals surface area contributed by atoms with Gasteiger partial charge in [0.2, 0.25) is 0 Å². The lowest BCUT2D eigenvalue weighted by Gasteiger charge is -2.37. The van der Waals surface area contributed by atoms with E-state index in [-0.39, 0.29) is 23.3 Å². The van der Waals surface area contributed by atoms with Crippen molar-refractivity contribution in [2.75, 3.05) is 39.3 Å². The number of hydrogen-bond donors (Lipinski definition) is 2. The normalized spacial score (nSPS) is 17.7. The van der Waals surface area contributed by atoms with E-state index in [1.165, 1.54) is 6.07 Å². The molecule has 3 heterocycles. The average molecular weight is 538 g/mol. The fraction of sp³-hybridized carbons (Fsp3) is 0.500. The van der Waals surface area contributed by atoms with E-state index in [2.05, 4.69) is 34.0 Å². The maximum atomic E-state index is 14.0.